The van der Waals surface area contributed by atoms with Gasteiger partial charge in [-0.05, 0) is 55.0 Å². The van der Waals surface area contributed by atoms with Crippen LogP contribution in [0.1, 0.15) is 35.4 Å². The maximum absolute atomic E-state index is 12.5. The minimum atomic E-state index is -4.01. The predicted molar refractivity (Wildman–Crippen MR) is 130 cm³/mol. The van der Waals surface area contributed by atoms with Crippen LogP contribution in [-0.2, 0) is 30.0 Å². The van der Waals surface area contributed by atoms with Gasteiger partial charge in [-0.15, -0.1) is 0 Å². The predicted octanol–water partition coefficient (Wildman–Crippen LogP) is 3.69. The number of nitrogens with one attached hydrogen (secondary N) is 2. The van der Waals surface area contributed by atoms with Crippen LogP contribution in [0.2, 0.25) is 10.0 Å². The fraction of sp³-hybridized carbons (Fsp3) is 0.318. The third-order valence-corrected chi connectivity index (χ3v) is 7.79. The van der Waals surface area contributed by atoms with Crippen LogP contribution in [0.4, 0.5) is 4.79 Å². The molecule has 12 heteroatoms. The molecule has 0 aliphatic heterocycles. The van der Waals surface area contributed by atoms with E-state index in [1.165, 1.54) is 10.9 Å². The molecular formula is C22H24Cl2N6O3S. The van der Waals surface area contributed by atoms with E-state index in [2.05, 4.69) is 15.5 Å². The van der Waals surface area contributed by atoms with Gasteiger partial charge in [-0.1, -0.05) is 35.3 Å². The molecule has 1 aliphatic carbocycles. The van der Waals surface area contributed by atoms with Crippen molar-refractivity contribution >= 4 is 44.8 Å². The number of halogens is 2. The summed E-state index contributed by atoms with van der Waals surface area (Å²) >= 11 is 12.3. The van der Waals surface area contributed by atoms with Crippen molar-refractivity contribution in [3.8, 4) is 0 Å². The van der Waals surface area contributed by atoms with E-state index in [-0.39, 0.29) is 11.4 Å². The van der Waals surface area contributed by atoms with Crippen molar-refractivity contribution in [1.82, 2.24) is 29.6 Å². The first-order valence-electron chi connectivity index (χ1n) is 10.6. The van der Waals surface area contributed by atoms with Gasteiger partial charge in [0.2, 0.25) is 0 Å². The summed E-state index contributed by atoms with van der Waals surface area (Å²) in [6.45, 7) is 2.26. The van der Waals surface area contributed by atoms with Crippen LogP contribution < -0.4 is 10.0 Å². The second-order valence-electron chi connectivity index (χ2n) is 8.03. The molecule has 2 amide bonds. The molecule has 9 nitrogen and oxygen atoms in total. The maximum Gasteiger partial charge on any atom is 0.328 e. The zero-order valence-electron chi connectivity index (χ0n) is 18.7. The second-order valence-corrected chi connectivity index (χ2v) is 10.5. The summed E-state index contributed by atoms with van der Waals surface area (Å²) in [5.41, 5.74) is 4.50. The Hall–Kier alpha value is -2.82. The summed E-state index contributed by atoms with van der Waals surface area (Å²) in [7, 11) is -2.39. The van der Waals surface area contributed by atoms with Gasteiger partial charge in [0.05, 0.1) is 30.3 Å². The molecule has 0 bridgehead atoms. The first-order chi connectivity index (χ1) is 16.2. The molecule has 1 aromatic carbocycles. The molecule has 0 fully saturated rings. The monoisotopic (exact) mass is 522 g/mol. The minimum Gasteiger partial charge on any atom is -0.334 e. The molecule has 1 aliphatic rings. The van der Waals surface area contributed by atoms with Crippen LogP contribution in [0.25, 0.3) is 5.57 Å². The average Bonchev–Trinajstić information content (AvgIpc) is 3.34. The van der Waals surface area contributed by atoms with E-state index >= 15 is 0 Å². The molecule has 2 heterocycles. The smallest absolute Gasteiger partial charge is 0.328 e. The fourth-order valence-corrected chi connectivity index (χ4v) is 5.52. The molecule has 180 valence electrons. The number of hydrogen-bond acceptors (Lipinski definition) is 5. The van der Waals surface area contributed by atoms with Crippen molar-refractivity contribution in [2.24, 2.45) is 7.05 Å². The summed E-state index contributed by atoms with van der Waals surface area (Å²) < 4.78 is 30.3. The molecule has 0 saturated carbocycles. The summed E-state index contributed by atoms with van der Waals surface area (Å²) in [4.78, 5) is 12.2. The Kier molecular flexibility index (Phi) is 7.01. The molecule has 2 N–H and O–H groups in total. The van der Waals surface area contributed by atoms with Gasteiger partial charge in [-0.2, -0.15) is 10.2 Å². The normalized spacial score (nSPS) is 14.8. The van der Waals surface area contributed by atoms with E-state index in [0.29, 0.717) is 22.3 Å². The number of carbonyl (C=O) groups is 1. The van der Waals surface area contributed by atoms with Crippen molar-refractivity contribution < 1.29 is 13.2 Å². The van der Waals surface area contributed by atoms with Crippen LogP contribution in [0.5, 0.6) is 0 Å². The molecule has 0 saturated heterocycles. The van der Waals surface area contributed by atoms with Crippen molar-refractivity contribution in [3.63, 3.8) is 0 Å². The van der Waals surface area contributed by atoms with Gasteiger partial charge in [0.1, 0.15) is 4.90 Å². The third-order valence-electron chi connectivity index (χ3n) is 5.76. The molecule has 2 aromatic heterocycles. The van der Waals surface area contributed by atoms with Gasteiger partial charge < -0.3 is 5.32 Å². The molecule has 34 heavy (non-hydrogen) atoms. The molecule has 0 unspecified atom stereocenters. The standard InChI is InChI=1S/C22H24Cl2N6O3S/c1-14-20(12-26-29(14)2)34(32,33)28-22(31)25-9-8-15-4-3-5-16-11-27-30(21(15)16)13-17-6-7-18(23)10-19(17)24/h6-8,10-12H,3-5,9,13H2,1-2H3,(H2,25,28,31). The van der Waals surface area contributed by atoms with Gasteiger partial charge in [0.25, 0.3) is 10.0 Å². The van der Waals surface area contributed by atoms with Crippen molar-refractivity contribution in [2.75, 3.05) is 6.54 Å². The highest BCUT2D eigenvalue weighted by atomic mass is 35.5. The lowest BCUT2D eigenvalue weighted by molar-refractivity contribution is 0.247. The largest absolute Gasteiger partial charge is 0.334 e. The summed E-state index contributed by atoms with van der Waals surface area (Å²) in [6.07, 6.45) is 7.66. The Balaban J connectivity index is 1.45. The number of hydrogen-bond donors (Lipinski definition) is 2. The van der Waals surface area contributed by atoms with Gasteiger partial charge >= 0.3 is 6.03 Å². The van der Waals surface area contributed by atoms with E-state index in [1.54, 1.807) is 26.1 Å². The topological polar surface area (TPSA) is 111 Å². The number of sulfonamides is 1. The Labute approximate surface area is 207 Å². The van der Waals surface area contributed by atoms with E-state index in [1.807, 2.05) is 27.7 Å². The maximum atomic E-state index is 12.5. The number of fused-ring (bicyclic) bond motifs is 1. The number of aryl methyl sites for hydroxylation is 2. The van der Waals surface area contributed by atoms with Gasteiger partial charge in [-0.25, -0.2) is 17.9 Å². The van der Waals surface area contributed by atoms with E-state index < -0.39 is 16.1 Å². The molecule has 3 aromatic rings. The number of aromatic nitrogens is 4. The van der Waals surface area contributed by atoms with Crippen molar-refractivity contribution in [3.05, 3.63) is 69.2 Å². The minimum absolute atomic E-state index is 0.0369. The highest BCUT2D eigenvalue weighted by Crippen LogP contribution is 2.31. The van der Waals surface area contributed by atoms with Gasteiger partial charge in [-0.3, -0.25) is 9.36 Å². The first-order valence-corrected chi connectivity index (χ1v) is 12.9. The van der Waals surface area contributed by atoms with Gasteiger partial charge in [0, 0.05) is 23.6 Å². The lowest BCUT2D eigenvalue weighted by Gasteiger charge is -2.18. The Morgan fingerprint density at radius 1 is 1.21 bits per heavy atom. The van der Waals surface area contributed by atoms with E-state index in [0.717, 1.165) is 41.7 Å². The summed E-state index contributed by atoms with van der Waals surface area (Å²) in [6, 6.07) is 4.56. The first kappa shape index (κ1) is 24.3. The van der Waals surface area contributed by atoms with Crippen LogP contribution >= 0.6 is 23.2 Å². The average molecular weight is 523 g/mol. The number of amides is 2. The molecular weight excluding hydrogens is 499 g/mol. The second kappa shape index (κ2) is 9.81. The summed E-state index contributed by atoms with van der Waals surface area (Å²) in [5, 5.41) is 12.2. The van der Waals surface area contributed by atoms with Crippen LogP contribution in [-0.4, -0.2) is 40.6 Å². The Morgan fingerprint density at radius 2 is 2.00 bits per heavy atom. The number of allylic oxidation sites excluding steroid dienone is 1. The molecule has 0 radical (unpaired) electrons. The molecule has 4 rings (SSSR count). The highest BCUT2D eigenvalue weighted by molar-refractivity contribution is 7.90. The summed E-state index contributed by atoms with van der Waals surface area (Å²) in [5.74, 6) is 0. The van der Waals surface area contributed by atoms with Crippen LogP contribution in [0, 0.1) is 6.92 Å². The number of carbonyl (C=O) groups excluding carboxylic acids is 1. The van der Waals surface area contributed by atoms with E-state index in [4.69, 9.17) is 23.2 Å². The quantitative estimate of drug-likeness (QED) is 0.512. The Morgan fingerprint density at radius 3 is 2.71 bits per heavy atom. The van der Waals surface area contributed by atoms with E-state index in [9.17, 15) is 13.2 Å². The molecule has 0 spiro atoms. The zero-order valence-corrected chi connectivity index (χ0v) is 21.0. The number of rotatable bonds is 6. The van der Waals surface area contributed by atoms with Crippen molar-refractivity contribution in [1.29, 1.82) is 0 Å². The molecule has 0 atom stereocenters. The number of benzene rings is 1. The zero-order chi connectivity index (χ0) is 24.5. The van der Waals surface area contributed by atoms with Crippen molar-refractivity contribution in [2.45, 2.75) is 37.6 Å². The van der Waals surface area contributed by atoms with Gasteiger partial charge in [0.15, 0.2) is 0 Å². The lowest BCUT2D eigenvalue weighted by atomic mass is 9.92. The third kappa shape index (κ3) is 5.13. The highest BCUT2D eigenvalue weighted by Gasteiger charge is 2.23. The Bertz CT molecular complexity index is 1380. The number of nitrogens with zero attached hydrogens (tertiary/aromatic N) is 4. The number of urea groups is 1. The fourth-order valence-electron chi connectivity index (χ4n) is 3.92. The van der Waals surface area contributed by atoms with Crippen LogP contribution in [0.15, 0.2) is 41.6 Å². The lowest BCUT2D eigenvalue weighted by Crippen LogP contribution is -2.39. The van der Waals surface area contributed by atoms with Crippen LogP contribution in [0.3, 0.4) is 0 Å². The SMILES string of the molecule is Cc1c(S(=O)(=O)NC(=O)NCC=C2CCCc3cnn(Cc4ccc(Cl)cc4Cl)c32)cnn1C.